The molecule has 7 nitrogen and oxygen atoms in total. The summed E-state index contributed by atoms with van der Waals surface area (Å²) >= 11 is 0. The van der Waals surface area contributed by atoms with Crippen molar-refractivity contribution < 1.29 is 35.9 Å². The Kier molecular flexibility index (Phi) is 10.6. The third-order valence-corrected chi connectivity index (χ3v) is 6.45. The van der Waals surface area contributed by atoms with Crippen LogP contribution in [-0.2, 0) is 19.4 Å². The minimum absolute atomic E-state index is 0.108. The summed E-state index contributed by atoms with van der Waals surface area (Å²) in [7, 11) is -3.74. The molecule has 1 heterocycles. The van der Waals surface area contributed by atoms with Crippen LogP contribution < -0.4 is 15.4 Å². The molecule has 1 unspecified atom stereocenters. The molecule has 1 atom stereocenters. The molecule has 1 aliphatic rings. The molecule has 0 bridgehead atoms. The van der Waals surface area contributed by atoms with Crippen LogP contribution in [0.5, 0.6) is 5.75 Å². The second-order valence-electron chi connectivity index (χ2n) is 8.93. The Labute approximate surface area is 216 Å². The first-order chi connectivity index (χ1) is 17.3. The highest BCUT2D eigenvalue weighted by Crippen LogP contribution is 2.41. The SMILES string of the molecule is CCCCCCCC#CC1(C(F)(F)F)CC(c2ccc(OCC)cc2)=C(NC(=O)CS(C)(=O)=O)C(=O)N1. The Morgan fingerprint density at radius 2 is 1.78 bits per heavy atom. The normalized spacial score (nSPS) is 18.1. The highest BCUT2D eigenvalue weighted by molar-refractivity contribution is 7.91. The lowest BCUT2D eigenvalue weighted by Gasteiger charge is -2.37. The summed E-state index contributed by atoms with van der Waals surface area (Å²) in [6, 6.07) is 6.02. The lowest BCUT2D eigenvalue weighted by molar-refractivity contribution is -0.180. The van der Waals surface area contributed by atoms with Gasteiger partial charge in [0.05, 0.1) is 6.61 Å². The molecule has 1 aliphatic heterocycles. The fourth-order valence-electron chi connectivity index (χ4n) is 3.85. The second kappa shape index (κ2) is 13.0. The van der Waals surface area contributed by atoms with Crippen LogP contribution in [0, 0.1) is 11.8 Å². The minimum atomic E-state index is -4.92. The summed E-state index contributed by atoms with van der Waals surface area (Å²) < 4.78 is 71.6. The van der Waals surface area contributed by atoms with Crippen LogP contribution >= 0.6 is 0 Å². The van der Waals surface area contributed by atoms with Crippen LogP contribution in [0.2, 0.25) is 0 Å². The van der Waals surface area contributed by atoms with Gasteiger partial charge < -0.3 is 15.4 Å². The smallest absolute Gasteiger partial charge is 0.423 e. The summed E-state index contributed by atoms with van der Waals surface area (Å²) in [6.45, 7) is 4.21. The van der Waals surface area contributed by atoms with E-state index in [0.29, 0.717) is 18.8 Å². The lowest BCUT2D eigenvalue weighted by atomic mass is 9.82. The van der Waals surface area contributed by atoms with Gasteiger partial charge in [0.15, 0.2) is 9.84 Å². The molecular weight excluding hydrogens is 509 g/mol. The first kappa shape index (κ1) is 30.2. The quantitative estimate of drug-likeness (QED) is 0.323. The first-order valence-corrected chi connectivity index (χ1v) is 14.2. The van der Waals surface area contributed by atoms with Crippen molar-refractivity contribution in [3.8, 4) is 17.6 Å². The predicted octanol–water partition coefficient (Wildman–Crippen LogP) is 4.14. The molecule has 0 fully saturated rings. The maximum Gasteiger partial charge on any atom is 0.423 e. The maximum absolute atomic E-state index is 14.4. The van der Waals surface area contributed by atoms with Crippen LogP contribution in [0.4, 0.5) is 13.2 Å². The van der Waals surface area contributed by atoms with Gasteiger partial charge in [-0.25, -0.2) is 8.42 Å². The average molecular weight is 543 g/mol. The highest BCUT2D eigenvalue weighted by Gasteiger charge is 2.58. The summed E-state index contributed by atoms with van der Waals surface area (Å²) in [4.78, 5) is 25.3. The molecule has 204 valence electrons. The summed E-state index contributed by atoms with van der Waals surface area (Å²) in [5, 5.41) is 4.15. The molecule has 0 aromatic heterocycles. The largest absolute Gasteiger partial charge is 0.494 e. The topological polar surface area (TPSA) is 102 Å². The molecule has 2 N–H and O–H groups in total. The van der Waals surface area contributed by atoms with E-state index in [1.807, 2.05) is 5.32 Å². The van der Waals surface area contributed by atoms with E-state index in [2.05, 4.69) is 24.1 Å². The number of ether oxygens (including phenoxy) is 1. The fraction of sp³-hybridized carbons (Fsp3) is 0.538. The fourth-order valence-corrected chi connectivity index (χ4v) is 4.40. The van der Waals surface area contributed by atoms with Gasteiger partial charge in [0.2, 0.25) is 11.4 Å². The van der Waals surface area contributed by atoms with E-state index in [1.54, 1.807) is 6.92 Å². The molecule has 0 spiro atoms. The minimum Gasteiger partial charge on any atom is -0.494 e. The Morgan fingerprint density at radius 1 is 1.14 bits per heavy atom. The third kappa shape index (κ3) is 8.81. The maximum atomic E-state index is 14.4. The molecule has 0 aliphatic carbocycles. The second-order valence-corrected chi connectivity index (χ2v) is 11.1. The van der Waals surface area contributed by atoms with Crippen molar-refractivity contribution in [3.05, 3.63) is 35.5 Å². The number of carbonyl (C=O) groups is 2. The lowest BCUT2D eigenvalue weighted by Crippen LogP contribution is -2.61. The van der Waals surface area contributed by atoms with E-state index < -0.39 is 51.2 Å². The average Bonchev–Trinajstić information content (AvgIpc) is 2.79. The summed E-state index contributed by atoms with van der Waals surface area (Å²) in [5.41, 5.74) is -3.18. The molecular formula is C26H33F3N2O5S. The summed E-state index contributed by atoms with van der Waals surface area (Å²) in [6.07, 6.45) is -0.0619. The number of carbonyl (C=O) groups excluding carboxylic acids is 2. The summed E-state index contributed by atoms with van der Waals surface area (Å²) in [5.74, 6) is 2.16. The Bertz CT molecular complexity index is 1170. The number of alkyl halides is 3. The molecule has 1 aromatic carbocycles. The third-order valence-electron chi connectivity index (χ3n) is 5.66. The van der Waals surface area contributed by atoms with E-state index in [4.69, 9.17) is 4.74 Å². The van der Waals surface area contributed by atoms with Crippen LogP contribution in [-0.4, -0.2) is 50.6 Å². The monoisotopic (exact) mass is 542 g/mol. The van der Waals surface area contributed by atoms with Crippen molar-refractivity contribution in [2.75, 3.05) is 18.6 Å². The number of hydrogen-bond acceptors (Lipinski definition) is 5. The number of amides is 2. The van der Waals surface area contributed by atoms with Crippen molar-refractivity contribution >= 4 is 27.2 Å². The van der Waals surface area contributed by atoms with Crippen molar-refractivity contribution in [3.63, 3.8) is 0 Å². The van der Waals surface area contributed by atoms with Crippen LogP contribution in [0.25, 0.3) is 5.57 Å². The van der Waals surface area contributed by atoms with Gasteiger partial charge in [-0.1, -0.05) is 50.7 Å². The van der Waals surface area contributed by atoms with Gasteiger partial charge in [-0.3, -0.25) is 9.59 Å². The molecule has 1 aromatic rings. The first-order valence-electron chi connectivity index (χ1n) is 12.1. The zero-order valence-electron chi connectivity index (χ0n) is 21.3. The molecule has 0 saturated heterocycles. The molecule has 0 radical (unpaired) electrons. The van der Waals surface area contributed by atoms with Gasteiger partial charge in [0.25, 0.3) is 5.91 Å². The van der Waals surface area contributed by atoms with Crippen molar-refractivity contribution in [2.24, 2.45) is 0 Å². The number of nitrogens with one attached hydrogen (secondary N) is 2. The molecule has 37 heavy (non-hydrogen) atoms. The number of benzene rings is 1. The molecule has 0 saturated carbocycles. The Balaban J connectivity index is 2.49. The van der Waals surface area contributed by atoms with Crippen LogP contribution in [0.3, 0.4) is 0 Å². The molecule has 2 rings (SSSR count). The van der Waals surface area contributed by atoms with Gasteiger partial charge in [0.1, 0.15) is 17.2 Å². The number of halogens is 3. The number of unbranched alkanes of at least 4 members (excludes halogenated alkanes) is 5. The van der Waals surface area contributed by atoms with E-state index in [9.17, 15) is 31.2 Å². The van der Waals surface area contributed by atoms with E-state index in [0.717, 1.165) is 31.9 Å². The van der Waals surface area contributed by atoms with Gasteiger partial charge in [-0.2, -0.15) is 13.2 Å². The van der Waals surface area contributed by atoms with Gasteiger partial charge in [0, 0.05) is 19.1 Å². The molecule has 11 heteroatoms. The number of rotatable bonds is 11. The van der Waals surface area contributed by atoms with Crippen molar-refractivity contribution in [1.82, 2.24) is 10.6 Å². The van der Waals surface area contributed by atoms with E-state index >= 15 is 0 Å². The zero-order valence-corrected chi connectivity index (χ0v) is 22.1. The molecule has 2 amide bonds. The van der Waals surface area contributed by atoms with E-state index in [-0.39, 0.29) is 17.6 Å². The van der Waals surface area contributed by atoms with Crippen LogP contribution in [0.1, 0.15) is 64.4 Å². The van der Waals surface area contributed by atoms with Gasteiger partial charge in [-0.15, -0.1) is 5.92 Å². The highest BCUT2D eigenvalue weighted by atomic mass is 32.2. The Hall–Kier alpha value is -3.00. The van der Waals surface area contributed by atoms with Gasteiger partial charge >= 0.3 is 6.18 Å². The van der Waals surface area contributed by atoms with Crippen molar-refractivity contribution in [1.29, 1.82) is 0 Å². The Morgan fingerprint density at radius 3 is 2.35 bits per heavy atom. The van der Waals surface area contributed by atoms with Crippen molar-refractivity contribution in [2.45, 2.75) is 70.5 Å². The van der Waals surface area contributed by atoms with Crippen LogP contribution in [0.15, 0.2) is 30.0 Å². The zero-order chi connectivity index (χ0) is 27.7. The predicted molar refractivity (Wildman–Crippen MR) is 135 cm³/mol. The number of hydrogen-bond donors (Lipinski definition) is 2. The standard InChI is InChI=1S/C26H33F3N2O5S/c1-4-6-7-8-9-10-11-16-25(26(27,28)29)17-21(19-12-14-20(15-13-19)36-5-2)23(24(33)31-25)30-22(32)18-37(3,34)35/h12-15H,4-10,17-18H2,1-3H3,(H,30,32)(H,31,33). The van der Waals surface area contributed by atoms with Gasteiger partial charge in [-0.05, 0) is 36.6 Å². The van der Waals surface area contributed by atoms with E-state index in [1.165, 1.54) is 24.3 Å². The number of sulfone groups is 1.